The number of carbonyl (C=O) groups excluding carboxylic acids is 1. The Labute approximate surface area is 118 Å². The number of fused-ring (bicyclic) bond motifs is 1. The summed E-state index contributed by atoms with van der Waals surface area (Å²) in [5.74, 6) is 0.715. The van der Waals surface area contributed by atoms with Gasteiger partial charge in [0.1, 0.15) is 11.3 Å². The summed E-state index contributed by atoms with van der Waals surface area (Å²) in [6, 6.07) is 3.69. The van der Waals surface area contributed by atoms with E-state index in [-0.39, 0.29) is 11.4 Å². The summed E-state index contributed by atoms with van der Waals surface area (Å²) >= 11 is 0. The SMILES string of the molecule is CC(C)(C)NC(=O)CCNc1ccc2nccnc2n1. The molecule has 2 N–H and O–H groups in total. The normalized spacial score (nSPS) is 11.3. The second-order valence-corrected chi connectivity index (χ2v) is 5.57. The van der Waals surface area contributed by atoms with Gasteiger partial charge in [0.05, 0.1) is 0 Å². The van der Waals surface area contributed by atoms with Gasteiger partial charge in [-0.2, -0.15) is 0 Å². The van der Waals surface area contributed by atoms with Gasteiger partial charge in [-0.3, -0.25) is 9.78 Å². The van der Waals surface area contributed by atoms with Crippen molar-refractivity contribution in [1.82, 2.24) is 20.3 Å². The van der Waals surface area contributed by atoms with E-state index >= 15 is 0 Å². The smallest absolute Gasteiger partial charge is 0.222 e. The van der Waals surface area contributed by atoms with Gasteiger partial charge in [-0.05, 0) is 32.9 Å². The van der Waals surface area contributed by atoms with E-state index in [1.165, 1.54) is 0 Å². The first-order valence-corrected chi connectivity index (χ1v) is 6.57. The van der Waals surface area contributed by atoms with E-state index in [0.717, 1.165) is 5.52 Å². The molecule has 0 aliphatic carbocycles. The Morgan fingerprint density at radius 3 is 2.70 bits per heavy atom. The second-order valence-electron chi connectivity index (χ2n) is 5.57. The van der Waals surface area contributed by atoms with Crippen LogP contribution >= 0.6 is 0 Å². The minimum atomic E-state index is -0.201. The summed E-state index contributed by atoms with van der Waals surface area (Å²) < 4.78 is 0. The Hall–Kier alpha value is -2.24. The lowest BCUT2D eigenvalue weighted by Gasteiger charge is -2.20. The third kappa shape index (κ3) is 4.15. The van der Waals surface area contributed by atoms with Crippen molar-refractivity contribution in [3.63, 3.8) is 0 Å². The van der Waals surface area contributed by atoms with Crippen molar-refractivity contribution in [3.05, 3.63) is 24.5 Å². The molecule has 0 saturated carbocycles. The molecule has 2 aromatic heterocycles. The van der Waals surface area contributed by atoms with E-state index in [1.807, 2.05) is 32.9 Å². The summed E-state index contributed by atoms with van der Waals surface area (Å²) in [7, 11) is 0. The van der Waals surface area contributed by atoms with Crippen LogP contribution in [0.1, 0.15) is 27.2 Å². The first kappa shape index (κ1) is 14.2. The topological polar surface area (TPSA) is 79.8 Å². The van der Waals surface area contributed by atoms with Crippen LogP contribution in [0.5, 0.6) is 0 Å². The first-order chi connectivity index (χ1) is 9.44. The average molecular weight is 273 g/mol. The van der Waals surface area contributed by atoms with E-state index in [9.17, 15) is 4.79 Å². The van der Waals surface area contributed by atoms with Crippen molar-refractivity contribution in [3.8, 4) is 0 Å². The molecule has 0 spiro atoms. The maximum absolute atomic E-state index is 11.7. The lowest BCUT2D eigenvalue weighted by molar-refractivity contribution is -0.122. The zero-order valence-corrected chi connectivity index (χ0v) is 12.0. The van der Waals surface area contributed by atoms with Crippen molar-refractivity contribution < 1.29 is 4.79 Å². The number of nitrogens with zero attached hydrogens (tertiary/aromatic N) is 3. The van der Waals surface area contributed by atoms with Gasteiger partial charge in [-0.25, -0.2) is 9.97 Å². The number of carbonyl (C=O) groups is 1. The molecule has 0 fully saturated rings. The van der Waals surface area contributed by atoms with E-state index in [1.54, 1.807) is 12.4 Å². The highest BCUT2D eigenvalue weighted by Crippen LogP contribution is 2.10. The van der Waals surface area contributed by atoms with Gasteiger partial charge in [0, 0.05) is 30.9 Å². The van der Waals surface area contributed by atoms with Crippen LogP contribution in [-0.2, 0) is 4.79 Å². The number of hydrogen-bond acceptors (Lipinski definition) is 5. The molecule has 0 aliphatic rings. The molecule has 6 nitrogen and oxygen atoms in total. The average Bonchev–Trinajstić information content (AvgIpc) is 2.36. The third-order valence-electron chi connectivity index (χ3n) is 2.50. The largest absolute Gasteiger partial charge is 0.369 e. The maximum Gasteiger partial charge on any atom is 0.222 e. The summed E-state index contributed by atoms with van der Waals surface area (Å²) in [6.07, 6.45) is 3.64. The van der Waals surface area contributed by atoms with Gasteiger partial charge in [-0.15, -0.1) is 0 Å². The highest BCUT2D eigenvalue weighted by molar-refractivity contribution is 5.77. The van der Waals surface area contributed by atoms with Crippen LogP contribution < -0.4 is 10.6 Å². The van der Waals surface area contributed by atoms with Crippen LogP contribution in [-0.4, -0.2) is 32.9 Å². The monoisotopic (exact) mass is 273 g/mol. The fourth-order valence-corrected chi connectivity index (χ4v) is 1.74. The molecule has 2 rings (SSSR count). The van der Waals surface area contributed by atoms with E-state index in [2.05, 4.69) is 25.6 Å². The number of nitrogens with one attached hydrogen (secondary N) is 2. The minimum Gasteiger partial charge on any atom is -0.369 e. The van der Waals surface area contributed by atoms with Gasteiger partial charge in [0.2, 0.25) is 5.91 Å². The minimum absolute atomic E-state index is 0.0191. The molecule has 2 aromatic rings. The number of rotatable bonds is 4. The number of hydrogen-bond donors (Lipinski definition) is 2. The molecule has 0 saturated heterocycles. The third-order valence-corrected chi connectivity index (χ3v) is 2.50. The Bertz CT molecular complexity index is 606. The van der Waals surface area contributed by atoms with Crippen LogP contribution in [0, 0.1) is 0 Å². The van der Waals surface area contributed by atoms with E-state index < -0.39 is 0 Å². The fourth-order valence-electron chi connectivity index (χ4n) is 1.74. The molecule has 0 aliphatic heterocycles. The highest BCUT2D eigenvalue weighted by atomic mass is 16.1. The van der Waals surface area contributed by atoms with Crippen LogP contribution in [0.15, 0.2) is 24.5 Å². The molecule has 0 radical (unpaired) electrons. The Morgan fingerprint density at radius 2 is 1.95 bits per heavy atom. The molecular weight excluding hydrogens is 254 g/mol. The van der Waals surface area contributed by atoms with E-state index in [4.69, 9.17) is 0 Å². The molecule has 0 aromatic carbocycles. The van der Waals surface area contributed by atoms with Gasteiger partial charge < -0.3 is 10.6 Å². The molecule has 1 amide bonds. The fraction of sp³-hybridized carbons (Fsp3) is 0.429. The van der Waals surface area contributed by atoms with Crippen molar-refractivity contribution in [1.29, 1.82) is 0 Å². The standard InChI is InChI=1S/C14H19N5O/c1-14(2,3)19-12(20)6-7-16-11-5-4-10-13(18-11)17-9-8-15-10/h4-5,8-9H,6-7H2,1-3H3,(H,19,20)(H,16,17,18). The zero-order chi connectivity index (χ0) is 14.6. The Morgan fingerprint density at radius 1 is 1.20 bits per heavy atom. The molecule has 106 valence electrons. The van der Waals surface area contributed by atoms with Gasteiger partial charge in [0.25, 0.3) is 0 Å². The molecule has 6 heteroatoms. The first-order valence-electron chi connectivity index (χ1n) is 6.57. The van der Waals surface area contributed by atoms with Crippen LogP contribution in [0.4, 0.5) is 5.82 Å². The van der Waals surface area contributed by atoms with Gasteiger partial charge in [0.15, 0.2) is 5.65 Å². The van der Waals surface area contributed by atoms with Crippen molar-refractivity contribution in [2.24, 2.45) is 0 Å². The summed E-state index contributed by atoms with van der Waals surface area (Å²) in [4.78, 5) is 24.3. The van der Waals surface area contributed by atoms with Crippen molar-refractivity contribution in [2.45, 2.75) is 32.7 Å². The van der Waals surface area contributed by atoms with Crippen LogP contribution in [0.3, 0.4) is 0 Å². The maximum atomic E-state index is 11.7. The molecule has 20 heavy (non-hydrogen) atoms. The molecule has 0 atom stereocenters. The van der Waals surface area contributed by atoms with Crippen molar-refractivity contribution >= 4 is 22.9 Å². The zero-order valence-electron chi connectivity index (χ0n) is 12.0. The molecule has 0 unspecified atom stereocenters. The second kappa shape index (κ2) is 5.81. The predicted molar refractivity (Wildman–Crippen MR) is 78.3 cm³/mol. The number of aromatic nitrogens is 3. The molecule has 0 bridgehead atoms. The summed E-state index contributed by atoms with van der Waals surface area (Å²) in [6.45, 7) is 6.41. The highest BCUT2D eigenvalue weighted by Gasteiger charge is 2.13. The Kier molecular flexibility index (Phi) is 4.12. The number of anilines is 1. The quantitative estimate of drug-likeness (QED) is 0.887. The lowest BCUT2D eigenvalue weighted by atomic mass is 10.1. The molecular formula is C14H19N5O. The summed E-state index contributed by atoms with van der Waals surface area (Å²) in [5.41, 5.74) is 1.15. The Balaban J connectivity index is 1.88. The number of amides is 1. The van der Waals surface area contributed by atoms with Gasteiger partial charge in [-0.1, -0.05) is 0 Å². The lowest BCUT2D eigenvalue weighted by Crippen LogP contribution is -2.41. The summed E-state index contributed by atoms with van der Waals surface area (Å²) in [5, 5.41) is 6.03. The van der Waals surface area contributed by atoms with Crippen LogP contribution in [0.2, 0.25) is 0 Å². The van der Waals surface area contributed by atoms with E-state index in [0.29, 0.717) is 24.4 Å². The van der Waals surface area contributed by atoms with Gasteiger partial charge >= 0.3 is 0 Å². The molecule has 2 heterocycles. The van der Waals surface area contributed by atoms with Crippen LogP contribution in [0.25, 0.3) is 11.2 Å². The predicted octanol–water partition coefficient (Wildman–Crippen LogP) is 1.74. The van der Waals surface area contributed by atoms with Crippen molar-refractivity contribution in [2.75, 3.05) is 11.9 Å². The number of pyridine rings is 1.